The standard InChI is InChI=1S/C20H17F3N4O/c1-12-4-3-5-17(13(12)2)27-18(28)14-10-24-19(25-11-14)26-16-8-6-15(7-9-16)20(21,22)23/h3-11H,1-2H3,(H,27,28)(H,24,25,26). The van der Waals surface area contributed by atoms with Gasteiger partial charge in [-0.1, -0.05) is 12.1 Å². The van der Waals surface area contributed by atoms with E-state index >= 15 is 0 Å². The van der Waals surface area contributed by atoms with Crippen molar-refractivity contribution in [2.45, 2.75) is 20.0 Å². The summed E-state index contributed by atoms with van der Waals surface area (Å²) in [4.78, 5) is 20.4. The molecule has 0 radical (unpaired) electrons. The van der Waals surface area contributed by atoms with Gasteiger partial charge in [-0.25, -0.2) is 9.97 Å². The van der Waals surface area contributed by atoms with Crippen molar-refractivity contribution in [3.63, 3.8) is 0 Å². The van der Waals surface area contributed by atoms with Gasteiger partial charge in [-0.2, -0.15) is 13.2 Å². The average molecular weight is 386 g/mol. The van der Waals surface area contributed by atoms with E-state index in [0.717, 1.165) is 23.3 Å². The third-order valence-electron chi connectivity index (χ3n) is 4.24. The van der Waals surface area contributed by atoms with Crippen LogP contribution in [-0.2, 0) is 6.18 Å². The van der Waals surface area contributed by atoms with Crippen molar-refractivity contribution in [2.24, 2.45) is 0 Å². The van der Waals surface area contributed by atoms with Crippen LogP contribution in [0.3, 0.4) is 0 Å². The molecule has 0 unspecified atom stereocenters. The number of benzene rings is 2. The summed E-state index contributed by atoms with van der Waals surface area (Å²) in [6.45, 7) is 3.87. The topological polar surface area (TPSA) is 66.9 Å². The van der Waals surface area contributed by atoms with Gasteiger partial charge in [-0.05, 0) is 55.3 Å². The minimum absolute atomic E-state index is 0.169. The highest BCUT2D eigenvalue weighted by atomic mass is 19.4. The number of alkyl halides is 3. The highest BCUT2D eigenvalue weighted by Crippen LogP contribution is 2.30. The molecule has 0 aliphatic heterocycles. The number of amides is 1. The van der Waals surface area contributed by atoms with Crippen molar-refractivity contribution < 1.29 is 18.0 Å². The zero-order valence-electron chi connectivity index (χ0n) is 15.1. The SMILES string of the molecule is Cc1cccc(NC(=O)c2cnc(Nc3ccc(C(F)(F)F)cc3)nc2)c1C. The van der Waals surface area contributed by atoms with Gasteiger partial charge < -0.3 is 10.6 Å². The van der Waals surface area contributed by atoms with Crippen LogP contribution >= 0.6 is 0 Å². The summed E-state index contributed by atoms with van der Waals surface area (Å²) in [6.07, 6.45) is -1.69. The van der Waals surface area contributed by atoms with Crippen LogP contribution in [0.2, 0.25) is 0 Å². The number of rotatable bonds is 4. The van der Waals surface area contributed by atoms with E-state index in [1.54, 1.807) is 0 Å². The van der Waals surface area contributed by atoms with Gasteiger partial charge in [-0.3, -0.25) is 4.79 Å². The lowest BCUT2D eigenvalue weighted by Crippen LogP contribution is -2.14. The number of hydrogen-bond donors (Lipinski definition) is 2. The average Bonchev–Trinajstić information content (AvgIpc) is 2.66. The van der Waals surface area contributed by atoms with Crippen molar-refractivity contribution in [1.82, 2.24) is 9.97 Å². The molecule has 0 spiro atoms. The van der Waals surface area contributed by atoms with Gasteiger partial charge in [0.25, 0.3) is 5.91 Å². The van der Waals surface area contributed by atoms with Crippen molar-refractivity contribution in [3.05, 3.63) is 77.1 Å². The number of carbonyl (C=O) groups excluding carboxylic acids is 1. The van der Waals surface area contributed by atoms with Gasteiger partial charge in [0.15, 0.2) is 0 Å². The lowest BCUT2D eigenvalue weighted by molar-refractivity contribution is -0.137. The third kappa shape index (κ3) is 4.46. The molecule has 0 saturated carbocycles. The van der Waals surface area contributed by atoms with Crippen molar-refractivity contribution >= 4 is 23.2 Å². The van der Waals surface area contributed by atoms with Crippen LogP contribution in [0.1, 0.15) is 27.0 Å². The van der Waals surface area contributed by atoms with E-state index in [9.17, 15) is 18.0 Å². The van der Waals surface area contributed by atoms with Gasteiger partial charge in [0, 0.05) is 23.8 Å². The van der Waals surface area contributed by atoms with Gasteiger partial charge >= 0.3 is 6.18 Å². The summed E-state index contributed by atoms with van der Waals surface area (Å²) >= 11 is 0. The molecule has 1 heterocycles. The Balaban J connectivity index is 1.67. The Hall–Kier alpha value is -3.42. The number of nitrogens with one attached hydrogen (secondary N) is 2. The Labute approximate surface area is 159 Å². The monoisotopic (exact) mass is 386 g/mol. The second-order valence-corrected chi connectivity index (χ2v) is 6.20. The van der Waals surface area contributed by atoms with Crippen LogP contribution in [0, 0.1) is 13.8 Å². The molecule has 0 bridgehead atoms. The molecule has 144 valence electrons. The maximum Gasteiger partial charge on any atom is 0.416 e. The van der Waals surface area contributed by atoms with Crippen LogP contribution < -0.4 is 10.6 Å². The molecule has 0 aliphatic carbocycles. The Kier molecular flexibility index (Phi) is 5.30. The summed E-state index contributed by atoms with van der Waals surface area (Å²) in [6, 6.07) is 10.1. The summed E-state index contributed by atoms with van der Waals surface area (Å²) in [7, 11) is 0. The summed E-state index contributed by atoms with van der Waals surface area (Å²) < 4.78 is 37.8. The summed E-state index contributed by atoms with van der Waals surface area (Å²) in [5, 5.41) is 5.60. The highest BCUT2D eigenvalue weighted by Gasteiger charge is 2.29. The molecule has 2 N–H and O–H groups in total. The first kappa shape index (κ1) is 19.3. The normalized spacial score (nSPS) is 11.2. The molecule has 28 heavy (non-hydrogen) atoms. The fourth-order valence-corrected chi connectivity index (χ4v) is 2.46. The quantitative estimate of drug-likeness (QED) is 0.654. The number of anilines is 3. The molecule has 2 aromatic carbocycles. The molecule has 3 aromatic rings. The molecule has 1 aromatic heterocycles. The lowest BCUT2D eigenvalue weighted by atomic mass is 10.1. The van der Waals surface area contributed by atoms with E-state index in [1.807, 2.05) is 32.0 Å². The molecule has 0 fully saturated rings. The maximum atomic E-state index is 12.6. The molecule has 0 atom stereocenters. The van der Waals surface area contributed by atoms with E-state index in [1.165, 1.54) is 24.5 Å². The van der Waals surface area contributed by atoms with Gasteiger partial charge in [0.1, 0.15) is 0 Å². The van der Waals surface area contributed by atoms with Crippen molar-refractivity contribution in [2.75, 3.05) is 10.6 Å². The second-order valence-electron chi connectivity index (χ2n) is 6.20. The largest absolute Gasteiger partial charge is 0.416 e. The molecule has 0 saturated heterocycles. The number of carbonyl (C=O) groups is 1. The van der Waals surface area contributed by atoms with E-state index in [2.05, 4.69) is 20.6 Å². The Morgan fingerprint density at radius 3 is 2.21 bits per heavy atom. The first-order valence-electron chi connectivity index (χ1n) is 8.38. The molecule has 0 aliphatic rings. The van der Waals surface area contributed by atoms with E-state index in [-0.39, 0.29) is 17.4 Å². The number of halogens is 3. The fraction of sp³-hybridized carbons (Fsp3) is 0.150. The van der Waals surface area contributed by atoms with E-state index < -0.39 is 11.7 Å². The van der Waals surface area contributed by atoms with Gasteiger partial charge in [0.05, 0.1) is 11.1 Å². The number of hydrogen-bond acceptors (Lipinski definition) is 4. The van der Waals surface area contributed by atoms with Crippen molar-refractivity contribution in [1.29, 1.82) is 0 Å². The highest BCUT2D eigenvalue weighted by molar-refractivity contribution is 6.04. The van der Waals surface area contributed by atoms with Crippen molar-refractivity contribution in [3.8, 4) is 0 Å². The minimum atomic E-state index is -4.39. The lowest BCUT2D eigenvalue weighted by Gasteiger charge is -2.11. The summed E-state index contributed by atoms with van der Waals surface area (Å²) in [5.41, 5.74) is 2.66. The molecule has 3 rings (SSSR count). The first-order valence-corrected chi connectivity index (χ1v) is 8.38. The zero-order valence-corrected chi connectivity index (χ0v) is 15.1. The molecule has 5 nitrogen and oxygen atoms in total. The first-order chi connectivity index (χ1) is 13.2. The number of aromatic nitrogens is 2. The number of nitrogens with zero attached hydrogens (tertiary/aromatic N) is 2. The van der Waals surface area contributed by atoms with Crippen LogP contribution in [0.4, 0.5) is 30.5 Å². The third-order valence-corrected chi connectivity index (χ3v) is 4.24. The summed E-state index contributed by atoms with van der Waals surface area (Å²) in [5.74, 6) is -0.183. The van der Waals surface area contributed by atoms with Crippen LogP contribution in [0.15, 0.2) is 54.9 Å². The second kappa shape index (κ2) is 7.67. The Morgan fingerprint density at radius 1 is 0.964 bits per heavy atom. The maximum absolute atomic E-state index is 12.6. The Bertz CT molecular complexity index is 984. The smallest absolute Gasteiger partial charge is 0.324 e. The predicted molar refractivity (Wildman–Crippen MR) is 101 cm³/mol. The Morgan fingerprint density at radius 2 is 1.61 bits per heavy atom. The minimum Gasteiger partial charge on any atom is -0.324 e. The fourth-order valence-electron chi connectivity index (χ4n) is 2.46. The molecular formula is C20H17F3N4O. The molecule has 8 heteroatoms. The predicted octanol–water partition coefficient (Wildman–Crippen LogP) is 5.11. The van der Waals surface area contributed by atoms with Gasteiger partial charge in [-0.15, -0.1) is 0 Å². The van der Waals surface area contributed by atoms with Crippen LogP contribution in [0.5, 0.6) is 0 Å². The van der Waals surface area contributed by atoms with Crippen LogP contribution in [-0.4, -0.2) is 15.9 Å². The number of aryl methyl sites for hydroxylation is 1. The van der Waals surface area contributed by atoms with Gasteiger partial charge in [0.2, 0.25) is 5.95 Å². The molecular weight excluding hydrogens is 369 g/mol. The van der Waals surface area contributed by atoms with E-state index in [4.69, 9.17) is 0 Å². The molecule has 1 amide bonds. The van der Waals surface area contributed by atoms with E-state index in [0.29, 0.717) is 11.4 Å². The zero-order chi connectivity index (χ0) is 20.3. The van der Waals surface area contributed by atoms with Crippen LogP contribution in [0.25, 0.3) is 0 Å².